The number of hydrogen-bond acceptors (Lipinski definition) is 5. The van der Waals surface area contributed by atoms with Gasteiger partial charge in [-0.1, -0.05) is 46.6 Å². The lowest BCUT2D eigenvalue weighted by molar-refractivity contribution is 0.233. The van der Waals surface area contributed by atoms with E-state index < -0.39 is 0 Å². The largest absolute Gasteiger partial charge is 0.314 e. The highest BCUT2D eigenvalue weighted by molar-refractivity contribution is 7.11. The summed E-state index contributed by atoms with van der Waals surface area (Å²) in [6.07, 6.45) is 12.1. The maximum atomic E-state index is 5.00. The normalized spacial score (nSPS) is 18.9. The van der Waals surface area contributed by atoms with Gasteiger partial charge in [0.1, 0.15) is 16.7 Å². The van der Waals surface area contributed by atoms with Gasteiger partial charge in [-0.3, -0.25) is 4.90 Å². The van der Waals surface area contributed by atoms with Crippen LogP contribution in [0.15, 0.2) is 6.58 Å². The lowest BCUT2D eigenvalue weighted by Crippen LogP contribution is -2.25. The Morgan fingerprint density at radius 1 is 1.10 bits per heavy atom. The van der Waals surface area contributed by atoms with E-state index in [2.05, 4.69) is 40.1 Å². The van der Waals surface area contributed by atoms with E-state index >= 15 is 0 Å². The smallest absolute Gasteiger partial charge is 0.150 e. The maximum absolute atomic E-state index is 5.00. The number of allylic oxidation sites excluding steroid dienone is 1. The minimum absolute atomic E-state index is 0.384. The highest BCUT2D eigenvalue weighted by Crippen LogP contribution is 2.35. The Morgan fingerprint density at radius 2 is 1.94 bits per heavy atom. The fraction of sp³-hybridized carbons (Fsp3) is 0.720. The molecule has 5 nitrogen and oxygen atoms in total. The van der Waals surface area contributed by atoms with Crippen LogP contribution in [0.5, 0.6) is 0 Å². The standard InChI is InChI=1S/C23H35N5S.C2H6/c1-4-5-7-11-17(2)22-18(3)29-21(24-22)16-27-14-10-12-19(27)23-26-25-20-13-8-6-9-15-28(20)23;1-2/h19H,2,4-16H2,1,3H3;1-2H3. The average molecular weight is 444 g/mol. The average Bonchev–Trinajstić information content (AvgIpc) is 3.44. The van der Waals surface area contributed by atoms with Crippen LogP contribution in [0.1, 0.15) is 112 Å². The van der Waals surface area contributed by atoms with E-state index in [4.69, 9.17) is 4.98 Å². The van der Waals surface area contributed by atoms with Gasteiger partial charge in [0.2, 0.25) is 0 Å². The first kappa shape index (κ1) is 24.1. The van der Waals surface area contributed by atoms with Crippen molar-refractivity contribution in [3.8, 4) is 0 Å². The van der Waals surface area contributed by atoms with Crippen molar-refractivity contribution in [2.75, 3.05) is 6.54 Å². The Hall–Kier alpha value is -1.53. The van der Waals surface area contributed by atoms with Crippen molar-refractivity contribution >= 4 is 16.9 Å². The third-order valence-corrected chi connectivity index (χ3v) is 7.35. The molecule has 0 amide bonds. The lowest BCUT2D eigenvalue weighted by atomic mass is 10.1. The molecule has 2 aliphatic rings. The zero-order valence-electron chi connectivity index (χ0n) is 20.1. The highest BCUT2D eigenvalue weighted by atomic mass is 32.1. The molecule has 172 valence electrons. The lowest BCUT2D eigenvalue weighted by Gasteiger charge is -2.23. The van der Waals surface area contributed by atoms with E-state index in [1.165, 1.54) is 78.5 Å². The van der Waals surface area contributed by atoms with Gasteiger partial charge < -0.3 is 4.57 Å². The monoisotopic (exact) mass is 443 g/mol. The number of nitrogens with zero attached hydrogens (tertiary/aromatic N) is 5. The highest BCUT2D eigenvalue weighted by Gasteiger charge is 2.32. The molecular weight excluding hydrogens is 402 g/mol. The summed E-state index contributed by atoms with van der Waals surface area (Å²) in [5.41, 5.74) is 2.35. The minimum Gasteiger partial charge on any atom is -0.314 e. The molecular formula is C25H41N5S. The summed E-state index contributed by atoms with van der Waals surface area (Å²) in [6, 6.07) is 0.384. The Morgan fingerprint density at radius 3 is 2.74 bits per heavy atom. The van der Waals surface area contributed by atoms with E-state index in [-0.39, 0.29) is 0 Å². The van der Waals surface area contributed by atoms with Crippen LogP contribution in [0.3, 0.4) is 0 Å². The number of thiazole rings is 1. The summed E-state index contributed by atoms with van der Waals surface area (Å²) in [4.78, 5) is 8.89. The molecule has 0 aliphatic carbocycles. The Balaban J connectivity index is 0.00000132. The molecule has 6 heteroatoms. The van der Waals surface area contributed by atoms with Crippen LogP contribution in [0, 0.1) is 6.92 Å². The van der Waals surface area contributed by atoms with Gasteiger partial charge in [-0.15, -0.1) is 21.5 Å². The molecule has 0 bridgehead atoms. The van der Waals surface area contributed by atoms with Crippen LogP contribution in [-0.4, -0.2) is 31.2 Å². The van der Waals surface area contributed by atoms with E-state index in [1.807, 2.05) is 25.2 Å². The van der Waals surface area contributed by atoms with E-state index in [1.54, 1.807) is 0 Å². The van der Waals surface area contributed by atoms with Crippen LogP contribution < -0.4 is 0 Å². The first-order chi connectivity index (χ1) is 15.2. The Kier molecular flexibility index (Phi) is 9.27. The third-order valence-electron chi connectivity index (χ3n) is 6.40. The second kappa shape index (κ2) is 11.9. The number of aromatic nitrogens is 4. The maximum Gasteiger partial charge on any atom is 0.150 e. The first-order valence-electron chi connectivity index (χ1n) is 12.5. The summed E-state index contributed by atoms with van der Waals surface area (Å²) in [5, 5.41) is 10.4. The molecule has 0 radical (unpaired) electrons. The molecule has 31 heavy (non-hydrogen) atoms. The van der Waals surface area contributed by atoms with Gasteiger partial charge in [-0.05, 0) is 57.6 Å². The zero-order valence-corrected chi connectivity index (χ0v) is 20.9. The Bertz CT molecular complexity index is 837. The molecule has 2 aromatic rings. The molecule has 2 aliphatic heterocycles. The zero-order chi connectivity index (χ0) is 22.2. The SMILES string of the molecule is C=C(CCCCC)c1nc(CN2CCCC2c2nnc3n2CCCCC3)sc1C.CC. The van der Waals surface area contributed by atoms with Crippen LogP contribution in [0.2, 0.25) is 0 Å². The van der Waals surface area contributed by atoms with Crippen molar-refractivity contribution in [3.05, 3.63) is 33.8 Å². The summed E-state index contributed by atoms with van der Waals surface area (Å²) >= 11 is 1.84. The number of aryl methyl sites for hydroxylation is 2. The van der Waals surface area contributed by atoms with Crippen molar-refractivity contribution in [3.63, 3.8) is 0 Å². The summed E-state index contributed by atoms with van der Waals surface area (Å²) in [6.45, 7) is 15.9. The number of likely N-dealkylation sites (tertiary alicyclic amines) is 1. The van der Waals surface area contributed by atoms with Crippen LogP contribution in [-0.2, 0) is 19.5 Å². The molecule has 0 spiro atoms. The van der Waals surface area contributed by atoms with Gasteiger partial charge in [-0.2, -0.15) is 0 Å². The molecule has 1 saturated heterocycles. The third kappa shape index (κ3) is 5.83. The van der Waals surface area contributed by atoms with E-state index in [9.17, 15) is 0 Å². The molecule has 4 rings (SSSR count). The molecule has 1 atom stereocenters. The summed E-state index contributed by atoms with van der Waals surface area (Å²) in [5.74, 6) is 2.39. The molecule has 0 aromatic carbocycles. The van der Waals surface area contributed by atoms with Crippen molar-refractivity contribution in [1.82, 2.24) is 24.6 Å². The van der Waals surface area contributed by atoms with Gasteiger partial charge in [0.15, 0.2) is 0 Å². The number of rotatable bonds is 8. The van der Waals surface area contributed by atoms with Gasteiger partial charge in [-0.25, -0.2) is 4.98 Å². The summed E-state index contributed by atoms with van der Waals surface area (Å²) < 4.78 is 2.42. The van der Waals surface area contributed by atoms with Crippen molar-refractivity contribution < 1.29 is 0 Å². The van der Waals surface area contributed by atoms with Gasteiger partial charge >= 0.3 is 0 Å². The second-order valence-electron chi connectivity index (χ2n) is 8.64. The molecule has 1 unspecified atom stereocenters. The Labute approximate surface area is 193 Å². The second-order valence-corrected chi connectivity index (χ2v) is 9.93. The quantitative estimate of drug-likeness (QED) is 0.425. The fourth-order valence-electron chi connectivity index (χ4n) is 4.79. The molecule has 0 N–H and O–H groups in total. The van der Waals surface area contributed by atoms with Crippen LogP contribution >= 0.6 is 11.3 Å². The number of fused-ring (bicyclic) bond motifs is 1. The number of unbranched alkanes of at least 4 members (excludes halogenated alkanes) is 2. The van der Waals surface area contributed by atoms with Crippen molar-refractivity contribution in [2.45, 2.75) is 111 Å². The van der Waals surface area contributed by atoms with E-state index in [0.717, 1.165) is 38.2 Å². The van der Waals surface area contributed by atoms with Gasteiger partial charge in [0.25, 0.3) is 0 Å². The van der Waals surface area contributed by atoms with Crippen LogP contribution in [0.4, 0.5) is 0 Å². The van der Waals surface area contributed by atoms with Crippen LogP contribution in [0.25, 0.3) is 5.57 Å². The molecule has 2 aromatic heterocycles. The van der Waals surface area contributed by atoms with Crippen molar-refractivity contribution in [1.29, 1.82) is 0 Å². The number of hydrogen-bond donors (Lipinski definition) is 0. The van der Waals surface area contributed by atoms with Gasteiger partial charge in [0.05, 0.1) is 18.3 Å². The fourth-order valence-corrected chi connectivity index (χ4v) is 5.80. The van der Waals surface area contributed by atoms with Gasteiger partial charge in [0, 0.05) is 17.8 Å². The van der Waals surface area contributed by atoms with Crippen molar-refractivity contribution in [2.24, 2.45) is 0 Å². The van der Waals surface area contributed by atoms with E-state index in [0.29, 0.717) is 6.04 Å². The summed E-state index contributed by atoms with van der Waals surface area (Å²) in [7, 11) is 0. The molecule has 4 heterocycles. The topological polar surface area (TPSA) is 46.8 Å². The minimum atomic E-state index is 0.384. The molecule has 1 fully saturated rings. The first-order valence-corrected chi connectivity index (χ1v) is 13.3. The molecule has 0 saturated carbocycles. The predicted octanol–water partition coefficient (Wildman–Crippen LogP) is 6.73. The predicted molar refractivity (Wildman–Crippen MR) is 131 cm³/mol.